The number of benzene rings is 1. The Balaban J connectivity index is 1.75. The van der Waals surface area contributed by atoms with Gasteiger partial charge in [0.2, 0.25) is 0 Å². The lowest BCUT2D eigenvalue weighted by molar-refractivity contribution is -0.153. The molecule has 2 fully saturated rings. The molecule has 0 radical (unpaired) electrons. The van der Waals surface area contributed by atoms with E-state index >= 15 is 0 Å². The van der Waals surface area contributed by atoms with Crippen LogP contribution in [0.25, 0.3) is 0 Å². The zero-order chi connectivity index (χ0) is 14.2. The lowest BCUT2D eigenvalue weighted by atomic mass is 9.74. The van der Waals surface area contributed by atoms with Gasteiger partial charge in [-0.25, -0.2) is 4.39 Å². The number of nitrogens with two attached hydrogens (primary N) is 1. The summed E-state index contributed by atoms with van der Waals surface area (Å²) < 4.78 is 25.4. The molecule has 0 amide bonds. The summed E-state index contributed by atoms with van der Waals surface area (Å²) in [5.74, 6) is 0.302. The van der Waals surface area contributed by atoms with Crippen molar-refractivity contribution in [3.8, 4) is 5.75 Å². The summed E-state index contributed by atoms with van der Waals surface area (Å²) in [5, 5.41) is 0. The van der Waals surface area contributed by atoms with Crippen LogP contribution in [-0.4, -0.2) is 18.3 Å². The maximum atomic E-state index is 13.4. The van der Waals surface area contributed by atoms with Gasteiger partial charge in [0.15, 0.2) is 0 Å². The average Bonchev–Trinajstić information content (AvgIpc) is 2.37. The smallest absolute Gasteiger partial charge is 0.127 e. The zero-order valence-electron chi connectivity index (χ0n) is 11.9. The molecular weight excluding hydrogens is 257 g/mol. The molecule has 0 bridgehead atoms. The number of hydrogen-bond donors (Lipinski definition) is 1. The van der Waals surface area contributed by atoms with Crippen LogP contribution < -0.4 is 10.5 Å². The van der Waals surface area contributed by atoms with Crippen LogP contribution in [-0.2, 0) is 4.74 Å². The Bertz CT molecular complexity index is 485. The van der Waals surface area contributed by atoms with Gasteiger partial charge in [-0.05, 0) is 32.3 Å². The summed E-state index contributed by atoms with van der Waals surface area (Å²) in [6.07, 6.45) is 5.34. The normalized spacial score (nSPS) is 26.1. The number of hydrogen-bond acceptors (Lipinski definition) is 3. The number of ether oxygens (including phenoxy) is 2. The summed E-state index contributed by atoms with van der Waals surface area (Å²) in [6, 6.07) is 4.43. The quantitative estimate of drug-likeness (QED) is 0.923. The molecule has 3 rings (SSSR count). The van der Waals surface area contributed by atoms with Crippen LogP contribution in [0.4, 0.5) is 4.39 Å². The minimum atomic E-state index is -0.283. The van der Waals surface area contributed by atoms with Crippen molar-refractivity contribution >= 4 is 0 Å². The Hall–Kier alpha value is -1.13. The maximum Gasteiger partial charge on any atom is 0.127 e. The first kappa shape index (κ1) is 13.8. The molecule has 1 unspecified atom stereocenters. The fourth-order valence-electron chi connectivity index (χ4n) is 3.17. The predicted molar refractivity (Wildman–Crippen MR) is 75.2 cm³/mol. The van der Waals surface area contributed by atoms with Gasteiger partial charge in [0, 0.05) is 30.5 Å². The summed E-state index contributed by atoms with van der Waals surface area (Å²) in [6.45, 7) is 2.62. The fraction of sp³-hybridized carbons (Fsp3) is 0.625. The number of rotatable bonds is 3. The van der Waals surface area contributed by atoms with E-state index in [1.165, 1.54) is 18.6 Å². The van der Waals surface area contributed by atoms with Crippen LogP contribution in [0, 0.1) is 5.82 Å². The van der Waals surface area contributed by atoms with Crippen molar-refractivity contribution in [3.05, 3.63) is 29.6 Å². The van der Waals surface area contributed by atoms with Gasteiger partial charge in [-0.1, -0.05) is 6.07 Å². The van der Waals surface area contributed by atoms with Crippen LogP contribution in [0.15, 0.2) is 18.2 Å². The van der Waals surface area contributed by atoms with E-state index in [4.69, 9.17) is 15.2 Å². The van der Waals surface area contributed by atoms with Crippen molar-refractivity contribution in [2.24, 2.45) is 5.73 Å². The molecule has 4 heteroatoms. The van der Waals surface area contributed by atoms with Crippen molar-refractivity contribution in [3.63, 3.8) is 0 Å². The van der Waals surface area contributed by atoms with E-state index in [2.05, 4.69) is 0 Å². The summed E-state index contributed by atoms with van der Waals surface area (Å²) in [5.41, 5.74) is 6.83. The lowest BCUT2D eigenvalue weighted by Gasteiger charge is -2.47. The standard InChI is InChI=1S/C16H22FNO2/c1-11(18)14-4-3-12(17)9-15(14)20-13-5-8-19-16(10-13)6-2-7-16/h3-4,9,11,13H,2,5-8,10,18H2,1H3/t11-,13?/m1/s1. The average molecular weight is 279 g/mol. The molecule has 1 heterocycles. The topological polar surface area (TPSA) is 44.5 Å². The fourth-order valence-corrected chi connectivity index (χ4v) is 3.17. The number of halogens is 1. The Kier molecular flexibility index (Phi) is 3.69. The zero-order valence-corrected chi connectivity index (χ0v) is 11.9. The minimum absolute atomic E-state index is 0.0325. The molecule has 110 valence electrons. The molecule has 1 aliphatic carbocycles. The highest BCUT2D eigenvalue weighted by molar-refractivity contribution is 5.36. The Morgan fingerprint density at radius 3 is 2.90 bits per heavy atom. The first-order valence-corrected chi connectivity index (χ1v) is 7.44. The van der Waals surface area contributed by atoms with E-state index in [1.54, 1.807) is 6.07 Å². The first-order valence-electron chi connectivity index (χ1n) is 7.44. The van der Waals surface area contributed by atoms with Crippen LogP contribution in [0.5, 0.6) is 5.75 Å². The molecule has 1 aliphatic heterocycles. The third kappa shape index (κ3) is 2.67. The second-order valence-corrected chi connectivity index (χ2v) is 6.09. The highest BCUT2D eigenvalue weighted by Gasteiger charge is 2.43. The summed E-state index contributed by atoms with van der Waals surface area (Å²) in [4.78, 5) is 0. The third-order valence-corrected chi connectivity index (χ3v) is 4.47. The van der Waals surface area contributed by atoms with Gasteiger partial charge in [0.25, 0.3) is 0 Å². The van der Waals surface area contributed by atoms with Crippen LogP contribution >= 0.6 is 0 Å². The Morgan fingerprint density at radius 2 is 2.25 bits per heavy atom. The summed E-state index contributed by atoms with van der Waals surface area (Å²) in [7, 11) is 0. The van der Waals surface area contributed by atoms with Crippen molar-refractivity contribution in [2.75, 3.05) is 6.61 Å². The molecular formula is C16H22FNO2. The highest BCUT2D eigenvalue weighted by atomic mass is 19.1. The van der Waals surface area contributed by atoms with Gasteiger partial charge in [0.05, 0.1) is 12.2 Å². The predicted octanol–water partition coefficient (Wildman–Crippen LogP) is 3.33. The third-order valence-electron chi connectivity index (χ3n) is 4.47. The van der Waals surface area contributed by atoms with Gasteiger partial charge in [-0.3, -0.25) is 0 Å². The van der Waals surface area contributed by atoms with Gasteiger partial charge in [0.1, 0.15) is 17.7 Å². The van der Waals surface area contributed by atoms with Crippen LogP contribution in [0.1, 0.15) is 50.6 Å². The minimum Gasteiger partial charge on any atom is -0.490 e. The van der Waals surface area contributed by atoms with E-state index in [9.17, 15) is 4.39 Å². The first-order chi connectivity index (χ1) is 9.58. The molecule has 2 aliphatic rings. The molecule has 2 atom stereocenters. The second-order valence-electron chi connectivity index (χ2n) is 6.09. The van der Waals surface area contributed by atoms with Gasteiger partial charge in [-0.2, -0.15) is 0 Å². The maximum absolute atomic E-state index is 13.4. The van der Waals surface area contributed by atoms with Crippen molar-refractivity contribution in [1.29, 1.82) is 0 Å². The van der Waals surface area contributed by atoms with Gasteiger partial charge in [-0.15, -0.1) is 0 Å². The molecule has 1 aromatic carbocycles. The monoisotopic (exact) mass is 279 g/mol. The van der Waals surface area contributed by atoms with Gasteiger partial charge >= 0.3 is 0 Å². The molecule has 1 spiro atoms. The van der Waals surface area contributed by atoms with Crippen LogP contribution in [0.2, 0.25) is 0 Å². The van der Waals surface area contributed by atoms with Crippen molar-refractivity contribution in [1.82, 2.24) is 0 Å². The molecule has 1 saturated carbocycles. The molecule has 3 nitrogen and oxygen atoms in total. The van der Waals surface area contributed by atoms with Crippen LogP contribution in [0.3, 0.4) is 0 Å². The molecule has 1 saturated heterocycles. The second kappa shape index (κ2) is 5.34. The molecule has 1 aromatic rings. The van der Waals surface area contributed by atoms with Crippen molar-refractivity contribution < 1.29 is 13.9 Å². The Labute approximate surface area is 119 Å². The largest absolute Gasteiger partial charge is 0.490 e. The van der Waals surface area contributed by atoms with E-state index < -0.39 is 0 Å². The molecule has 20 heavy (non-hydrogen) atoms. The van der Waals surface area contributed by atoms with Gasteiger partial charge < -0.3 is 15.2 Å². The van der Waals surface area contributed by atoms with E-state index in [0.29, 0.717) is 5.75 Å². The van der Waals surface area contributed by atoms with E-state index in [-0.39, 0.29) is 23.6 Å². The van der Waals surface area contributed by atoms with E-state index in [0.717, 1.165) is 37.9 Å². The highest BCUT2D eigenvalue weighted by Crippen LogP contribution is 2.43. The van der Waals surface area contributed by atoms with E-state index in [1.807, 2.05) is 6.92 Å². The van der Waals surface area contributed by atoms with Crippen molar-refractivity contribution in [2.45, 2.75) is 56.8 Å². The Morgan fingerprint density at radius 1 is 1.45 bits per heavy atom. The molecule has 2 N–H and O–H groups in total. The lowest BCUT2D eigenvalue weighted by Crippen LogP contribution is -2.48. The molecule has 0 aromatic heterocycles. The SMILES string of the molecule is C[C@@H](N)c1ccc(F)cc1OC1CCOC2(CCC2)C1. The summed E-state index contributed by atoms with van der Waals surface area (Å²) >= 11 is 0.